The molecule has 0 bridgehead atoms. The minimum atomic E-state index is -0.525. The summed E-state index contributed by atoms with van der Waals surface area (Å²) in [7, 11) is 1.60. The predicted octanol–water partition coefficient (Wildman–Crippen LogP) is 1.53. The molecule has 1 aromatic carbocycles. The summed E-state index contributed by atoms with van der Waals surface area (Å²) < 4.78 is 16.4. The van der Waals surface area contributed by atoms with E-state index in [4.69, 9.17) is 14.2 Å². The number of nitrogens with zero attached hydrogens (tertiary/aromatic N) is 1. The summed E-state index contributed by atoms with van der Waals surface area (Å²) in [5.41, 5.74) is 2.92. The van der Waals surface area contributed by atoms with Gasteiger partial charge in [-0.3, -0.25) is 4.79 Å². The first-order valence-electron chi connectivity index (χ1n) is 7.02. The Balaban J connectivity index is 1.73. The van der Waals surface area contributed by atoms with Crippen molar-refractivity contribution in [2.24, 2.45) is 0 Å². The number of fused-ring (bicyclic) bond motifs is 2. The number of carbonyl (C=O) groups excluding carboxylic acids is 1. The highest BCUT2D eigenvalue weighted by Crippen LogP contribution is 2.40. The first-order valence-corrected chi connectivity index (χ1v) is 7.02. The number of amides is 1. The molecule has 2 aliphatic rings. The largest absolute Gasteiger partial charge is 0.464 e. The second-order valence-electron chi connectivity index (χ2n) is 5.14. The van der Waals surface area contributed by atoms with Crippen LogP contribution in [0.5, 0.6) is 17.4 Å². The van der Waals surface area contributed by atoms with Crippen molar-refractivity contribution in [3.8, 4) is 28.5 Å². The van der Waals surface area contributed by atoms with E-state index >= 15 is 0 Å². The number of rotatable bonds is 2. The zero-order valence-electron chi connectivity index (χ0n) is 12.0. The molecule has 1 unspecified atom stereocenters. The van der Waals surface area contributed by atoms with Crippen LogP contribution in [-0.4, -0.2) is 30.8 Å². The molecule has 4 rings (SSSR count). The van der Waals surface area contributed by atoms with Crippen LogP contribution in [0.2, 0.25) is 0 Å². The lowest BCUT2D eigenvalue weighted by Gasteiger charge is -2.07. The third kappa shape index (κ3) is 1.95. The van der Waals surface area contributed by atoms with Crippen molar-refractivity contribution in [1.29, 1.82) is 0 Å². The average molecular weight is 298 g/mol. The molecule has 1 amide bonds. The van der Waals surface area contributed by atoms with E-state index in [1.807, 2.05) is 24.3 Å². The fourth-order valence-corrected chi connectivity index (χ4v) is 2.78. The van der Waals surface area contributed by atoms with Gasteiger partial charge in [0.15, 0.2) is 17.6 Å². The molecule has 0 spiro atoms. The number of hydrogen-bond donors (Lipinski definition) is 1. The predicted molar refractivity (Wildman–Crippen MR) is 78.0 cm³/mol. The van der Waals surface area contributed by atoms with Gasteiger partial charge in [0.1, 0.15) is 0 Å². The maximum Gasteiger partial charge on any atom is 0.261 e. The van der Waals surface area contributed by atoms with Gasteiger partial charge in [-0.1, -0.05) is 6.07 Å². The summed E-state index contributed by atoms with van der Waals surface area (Å²) in [6.45, 7) is 0.245. The zero-order valence-corrected chi connectivity index (χ0v) is 12.0. The Bertz CT molecular complexity index is 760. The van der Waals surface area contributed by atoms with Crippen LogP contribution in [0.3, 0.4) is 0 Å². The lowest BCUT2D eigenvalue weighted by Crippen LogP contribution is -2.35. The molecule has 2 aromatic rings. The molecule has 6 nitrogen and oxygen atoms in total. The van der Waals surface area contributed by atoms with Gasteiger partial charge in [-0.2, -0.15) is 0 Å². The van der Waals surface area contributed by atoms with Crippen molar-refractivity contribution in [2.75, 3.05) is 13.8 Å². The highest BCUT2D eigenvalue weighted by Gasteiger charge is 2.31. The first kappa shape index (κ1) is 12.9. The maximum absolute atomic E-state index is 11.8. The third-order valence-corrected chi connectivity index (χ3v) is 3.88. The molecule has 0 aliphatic carbocycles. The molecule has 22 heavy (non-hydrogen) atoms. The number of nitrogens with one attached hydrogen (secondary N) is 1. The quantitative estimate of drug-likeness (QED) is 0.910. The van der Waals surface area contributed by atoms with Crippen molar-refractivity contribution in [3.63, 3.8) is 0 Å². The van der Waals surface area contributed by atoms with E-state index in [2.05, 4.69) is 10.3 Å². The second kappa shape index (κ2) is 4.91. The fourth-order valence-electron chi connectivity index (χ4n) is 2.78. The molecule has 6 heteroatoms. The van der Waals surface area contributed by atoms with Gasteiger partial charge in [-0.25, -0.2) is 4.98 Å². The number of carbonyl (C=O) groups is 1. The molecule has 3 heterocycles. The van der Waals surface area contributed by atoms with Crippen molar-refractivity contribution < 1.29 is 19.0 Å². The van der Waals surface area contributed by atoms with Crippen LogP contribution in [0.15, 0.2) is 30.5 Å². The van der Waals surface area contributed by atoms with Gasteiger partial charge >= 0.3 is 0 Å². The second-order valence-corrected chi connectivity index (χ2v) is 5.14. The van der Waals surface area contributed by atoms with Gasteiger partial charge in [0, 0.05) is 25.2 Å². The Hall–Kier alpha value is -2.76. The number of ether oxygens (including phenoxy) is 3. The molecule has 0 fully saturated rings. The number of likely N-dealkylation sites (N-methyl/N-ethyl adjacent to an activating group) is 1. The van der Waals surface area contributed by atoms with Gasteiger partial charge in [-0.15, -0.1) is 0 Å². The Morgan fingerprint density at radius 1 is 1.27 bits per heavy atom. The Morgan fingerprint density at radius 3 is 3.00 bits per heavy atom. The van der Waals surface area contributed by atoms with Gasteiger partial charge in [0.05, 0.1) is 0 Å². The van der Waals surface area contributed by atoms with Crippen molar-refractivity contribution in [2.45, 2.75) is 12.5 Å². The van der Waals surface area contributed by atoms with Crippen LogP contribution < -0.4 is 19.5 Å². The molecule has 1 N–H and O–H groups in total. The van der Waals surface area contributed by atoms with E-state index in [9.17, 15) is 4.79 Å². The minimum absolute atomic E-state index is 0.144. The number of hydrogen-bond acceptors (Lipinski definition) is 5. The minimum Gasteiger partial charge on any atom is -0.464 e. The van der Waals surface area contributed by atoms with Crippen LogP contribution in [0.4, 0.5) is 0 Å². The van der Waals surface area contributed by atoms with Crippen molar-refractivity contribution in [1.82, 2.24) is 10.3 Å². The molecule has 0 saturated carbocycles. The van der Waals surface area contributed by atoms with E-state index in [1.165, 1.54) is 0 Å². The summed E-state index contributed by atoms with van der Waals surface area (Å²) >= 11 is 0. The summed E-state index contributed by atoms with van der Waals surface area (Å²) in [4.78, 5) is 16.0. The molecule has 112 valence electrons. The third-order valence-electron chi connectivity index (χ3n) is 3.88. The zero-order chi connectivity index (χ0) is 15.1. The van der Waals surface area contributed by atoms with Gasteiger partial charge in [-0.05, 0) is 29.3 Å². The molecule has 2 aliphatic heterocycles. The van der Waals surface area contributed by atoms with Crippen LogP contribution >= 0.6 is 0 Å². The van der Waals surface area contributed by atoms with Gasteiger partial charge in [0.2, 0.25) is 12.7 Å². The Kier molecular flexibility index (Phi) is 2.89. The highest BCUT2D eigenvalue weighted by molar-refractivity contribution is 5.83. The average Bonchev–Trinajstić information content (AvgIpc) is 3.19. The van der Waals surface area contributed by atoms with E-state index in [-0.39, 0.29) is 12.7 Å². The molecule has 1 aromatic heterocycles. The van der Waals surface area contributed by atoms with E-state index in [1.54, 1.807) is 13.2 Å². The van der Waals surface area contributed by atoms with Crippen molar-refractivity contribution in [3.05, 3.63) is 36.0 Å². The van der Waals surface area contributed by atoms with Gasteiger partial charge in [0.25, 0.3) is 5.91 Å². The van der Waals surface area contributed by atoms with Crippen LogP contribution in [0.1, 0.15) is 5.56 Å². The topological polar surface area (TPSA) is 69.7 Å². The standard InChI is InChI=1S/C16H14N2O4/c1-17-15(19)14-7-11-10(4-5-18-16(11)22-14)9-2-3-12-13(6-9)21-8-20-12/h2-6,14H,7-8H2,1H3,(H,17,19). The number of aromatic nitrogens is 1. The Morgan fingerprint density at radius 2 is 2.14 bits per heavy atom. The number of pyridine rings is 1. The highest BCUT2D eigenvalue weighted by atomic mass is 16.7. The fraction of sp³-hybridized carbons (Fsp3) is 0.250. The van der Waals surface area contributed by atoms with Crippen LogP contribution in [0.25, 0.3) is 11.1 Å². The van der Waals surface area contributed by atoms with Crippen molar-refractivity contribution >= 4 is 5.91 Å². The van der Waals surface area contributed by atoms with E-state index in [0.717, 1.165) is 28.2 Å². The van der Waals surface area contributed by atoms with Gasteiger partial charge < -0.3 is 19.5 Å². The van der Waals surface area contributed by atoms with E-state index < -0.39 is 6.10 Å². The molecule has 1 atom stereocenters. The first-order chi connectivity index (χ1) is 10.8. The normalized spacial score (nSPS) is 17.8. The smallest absolute Gasteiger partial charge is 0.261 e. The van der Waals surface area contributed by atoms with Crippen LogP contribution in [0, 0.1) is 0 Å². The molecular formula is C16H14N2O4. The Labute approximate surface area is 127 Å². The van der Waals surface area contributed by atoms with E-state index in [0.29, 0.717) is 12.3 Å². The lowest BCUT2D eigenvalue weighted by molar-refractivity contribution is -0.126. The molecule has 0 radical (unpaired) electrons. The maximum atomic E-state index is 11.8. The molecular weight excluding hydrogens is 284 g/mol. The summed E-state index contributed by atoms with van der Waals surface area (Å²) in [6.07, 6.45) is 1.67. The monoisotopic (exact) mass is 298 g/mol. The lowest BCUT2D eigenvalue weighted by atomic mass is 9.98. The molecule has 0 saturated heterocycles. The summed E-state index contributed by atoms with van der Waals surface area (Å²) in [5.74, 6) is 1.84. The summed E-state index contributed by atoms with van der Waals surface area (Å²) in [5, 5.41) is 2.61. The van der Waals surface area contributed by atoms with Crippen LogP contribution in [-0.2, 0) is 11.2 Å². The number of benzene rings is 1. The SMILES string of the molecule is CNC(=O)C1Cc2c(-c3ccc4c(c3)OCO4)ccnc2O1. The summed E-state index contributed by atoms with van der Waals surface area (Å²) in [6, 6.07) is 7.71.